The third-order valence-corrected chi connectivity index (χ3v) is 13.5. The molecule has 0 unspecified atom stereocenters. The van der Waals surface area contributed by atoms with Crippen LogP contribution in [0.25, 0.3) is 0 Å². The zero-order valence-electron chi connectivity index (χ0n) is 32.0. The highest BCUT2D eigenvalue weighted by molar-refractivity contribution is 5.80. The molecular formula is C39H58O13. The van der Waals surface area contributed by atoms with Crippen molar-refractivity contribution in [3.05, 3.63) is 0 Å². The van der Waals surface area contributed by atoms with Gasteiger partial charge in [0.25, 0.3) is 0 Å². The Morgan fingerprint density at radius 1 is 0.808 bits per heavy atom. The van der Waals surface area contributed by atoms with Gasteiger partial charge in [-0.3, -0.25) is 28.8 Å². The fourth-order valence-electron chi connectivity index (χ4n) is 11.3. The molecule has 1 heterocycles. The molecule has 0 aromatic heterocycles. The van der Waals surface area contributed by atoms with E-state index in [1.807, 2.05) is 0 Å². The van der Waals surface area contributed by atoms with E-state index in [0.29, 0.717) is 55.3 Å². The molecule has 0 bridgehead atoms. The van der Waals surface area contributed by atoms with Gasteiger partial charge in [-0.2, -0.15) is 0 Å². The van der Waals surface area contributed by atoms with Gasteiger partial charge >= 0.3 is 29.8 Å². The maximum absolute atomic E-state index is 13.1. The molecular weight excluding hydrogens is 676 g/mol. The molecule has 0 aromatic carbocycles. The van der Waals surface area contributed by atoms with E-state index in [-0.39, 0.29) is 35.1 Å². The quantitative estimate of drug-likeness (QED) is 0.160. The zero-order valence-corrected chi connectivity index (χ0v) is 32.0. The van der Waals surface area contributed by atoms with E-state index < -0.39 is 60.7 Å². The monoisotopic (exact) mass is 734 g/mol. The lowest BCUT2D eigenvalue weighted by Gasteiger charge is -2.62. The number of carbonyl (C=O) groups excluding carboxylic acids is 6. The number of ketones is 1. The van der Waals surface area contributed by atoms with Gasteiger partial charge in [-0.1, -0.05) is 20.8 Å². The maximum atomic E-state index is 13.1. The molecule has 0 amide bonds. The molecule has 5 fully saturated rings. The van der Waals surface area contributed by atoms with E-state index >= 15 is 0 Å². The van der Waals surface area contributed by atoms with Crippen LogP contribution in [-0.2, 0) is 61.9 Å². The highest BCUT2D eigenvalue weighted by Crippen LogP contribution is 2.68. The van der Waals surface area contributed by atoms with Crippen LogP contribution in [0.15, 0.2) is 0 Å². The summed E-state index contributed by atoms with van der Waals surface area (Å²) in [4.78, 5) is 74.3. The van der Waals surface area contributed by atoms with Crippen molar-refractivity contribution in [3.8, 4) is 0 Å². The highest BCUT2D eigenvalue weighted by Gasteiger charge is 2.64. The fourth-order valence-corrected chi connectivity index (χ4v) is 11.3. The first-order valence-electron chi connectivity index (χ1n) is 19.0. The van der Waals surface area contributed by atoms with E-state index in [2.05, 4.69) is 20.8 Å². The fraction of sp³-hybridized carbons (Fsp3) is 0.846. The minimum Gasteiger partial charge on any atom is -0.469 e. The number of fused-ring (bicyclic) bond motifs is 5. The van der Waals surface area contributed by atoms with Crippen LogP contribution in [0.5, 0.6) is 0 Å². The number of ether oxygens (including phenoxy) is 7. The van der Waals surface area contributed by atoms with Gasteiger partial charge in [0, 0.05) is 47.0 Å². The average molecular weight is 735 g/mol. The minimum atomic E-state index is -1.33. The summed E-state index contributed by atoms with van der Waals surface area (Å²) in [6.07, 6.45) is 0.904. The third-order valence-electron chi connectivity index (χ3n) is 13.5. The molecule has 4 saturated carbocycles. The molecule has 4 aliphatic carbocycles. The van der Waals surface area contributed by atoms with Crippen molar-refractivity contribution in [2.24, 2.45) is 46.3 Å². The second kappa shape index (κ2) is 16.1. The van der Waals surface area contributed by atoms with Crippen molar-refractivity contribution >= 4 is 35.6 Å². The largest absolute Gasteiger partial charge is 0.469 e. The van der Waals surface area contributed by atoms with Crippen LogP contribution in [-0.4, -0.2) is 86.2 Å². The summed E-state index contributed by atoms with van der Waals surface area (Å²) in [5.74, 6) is -0.941. The Hall–Kier alpha value is -3.06. The average Bonchev–Trinajstić information content (AvgIpc) is 3.42. The van der Waals surface area contributed by atoms with Crippen molar-refractivity contribution in [2.45, 2.75) is 149 Å². The van der Waals surface area contributed by atoms with Gasteiger partial charge in [-0.15, -0.1) is 0 Å². The lowest BCUT2D eigenvalue weighted by Crippen LogP contribution is -2.65. The predicted octanol–water partition coefficient (Wildman–Crippen LogP) is 4.88. The molecule has 5 aliphatic rings. The van der Waals surface area contributed by atoms with Crippen LogP contribution in [0.4, 0.5) is 0 Å². The molecule has 14 atom stereocenters. The van der Waals surface area contributed by atoms with Gasteiger partial charge < -0.3 is 33.2 Å². The summed E-state index contributed by atoms with van der Waals surface area (Å²) >= 11 is 0. The predicted molar refractivity (Wildman–Crippen MR) is 183 cm³/mol. The summed E-state index contributed by atoms with van der Waals surface area (Å²) in [6, 6.07) is 0. The van der Waals surface area contributed by atoms with E-state index in [1.54, 1.807) is 0 Å². The molecule has 0 radical (unpaired) electrons. The van der Waals surface area contributed by atoms with Gasteiger partial charge in [0.05, 0.1) is 13.2 Å². The van der Waals surface area contributed by atoms with E-state index in [0.717, 1.165) is 38.5 Å². The van der Waals surface area contributed by atoms with Crippen molar-refractivity contribution in [1.29, 1.82) is 0 Å². The third kappa shape index (κ3) is 8.20. The van der Waals surface area contributed by atoms with Crippen LogP contribution in [0.2, 0.25) is 0 Å². The lowest BCUT2D eigenvalue weighted by atomic mass is 9.44. The number of methoxy groups -OCH3 is 1. The SMILES string of the molecule is COC(=O)CC[C@@H](C)[C@H]1CC[C@H]2[C@@H]3C[C@H](O[C@@H]4O[C@H](COC(C)=O)[C@@H](OC(C)=O)[C@H](OC(C)=O)[C@H]4OC(C)=O)[C@@H]4CC(=O)CC[C@]4(C)[C@H]3CC[C@]12C. The first kappa shape index (κ1) is 40.1. The summed E-state index contributed by atoms with van der Waals surface area (Å²) in [6.45, 7) is 11.5. The van der Waals surface area contributed by atoms with Gasteiger partial charge in [0.1, 0.15) is 18.5 Å². The number of rotatable bonds is 11. The standard InChI is InChI=1S/C39H58O13/c1-20(9-12-33(45)46-8)27-10-11-28-26-18-31(30-17-25(44)13-15-39(30,7)29(26)14-16-38(27,28)6)51-37-36(50-24(5)43)35(49-23(4)42)34(48-22(3)41)32(52-37)19-47-21(2)40/h20,26-32,34-37H,9-19H2,1-8H3/t20-,26+,27-,28+,29+,30+,31+,32-,34-,35+,36-,37-,38-,39-/m1/s1. The lowest BCUT2D eigenvalue weighted by molar-refractivity contribution is -0.329. The van der Waals surface area contributed by atoms with E-state index in [4.69, 9.17) is 33.2 Å². The number of hydrogen-bond acceptors (Lipinski definition) is 13. The molecule has 0 spiro atoms. The van der Waals surface area contributed by atoms with Crippen molar-refractivity contribution < 1.29 is 61.9 Å². The Bertz CT molecular complexity index is 1380. The highest BCUT2D eigenvalue weighted by atomic mass is 16.7. The molecule has 1 aliphatic heterocycles. The topological polar surface area (TPSA) is 167 Å². The Balaban J connectivity index is 1.49. The summed E-state index contributed by atoms with van der Waals surface area (Å²) in [7, 11) is 1.43. The smallest absolute Gasteiger partial charge is 0.305 e. The van der Waals surface area contributed by atoms with E-state index in [1.165, 1.54) is 34.8 Å². The number of hydrogen-bond donors (Lipinski definition) is 0. The van der Waals surface area contributed by atoms with Gasteiger partial charge in [0.15, 0.2) is 24.6 Å². The Kier molecular flexibility index (Phi) is 12.4. The Morgan fingerprint density at radius 2 is 1.44 bits per heavy atom. The molecule has 13 nitrogen and oxygen atoms in total. The number of carbonyl (C=O) groups is 6. The molecule has 292 valence electrons. The first-order chi connectivity index (χ1) is 24.5. The Morgan fingerprint density at radius 3 is 2.08 bits per heavy atom. The maximum Gasteiger partial charge on any atom is 0.305 e. The van der Waals surface area contributed by atoms with Gasteiger partial charge in [0.2, 0.25) is 0 Å². The van der Waals surface area contributed by atoms with Crippen LogP contribution < -0.4 is 0 Å². The zero-order chi connectivity index (χ0) is 38.1. The molecule has 5 rings (SSSR count). The molecule has 0 aromatic rings. The molecule has 13 heteroatoms. The van der Waals surface area contributed by atoms with Crippen LogP contribution in [0.3, 0.4) is 0 Å². The van der Waals surface area contributed by atoms with Crippen LogP contribution >= 0.6 is 0 Å². The second-order valence-corrected chi connectivity index (χ2v) is 16.5. The van der Waals surface area contributed by atoms with Gasteiger partial charge in [-0.05, 0) is 91.3 Å². The number of esters is 5. The molecule has 1 saturated heterocycles. The van der Waals surface area contributed by atoms with Crippen molar-refractivity contribution in [3.63, 3.8) is 0 Å². The minimum absolute atomic E-state index is 0.0728. The van der Waals surface area contributed by atoms with E-state index in [9.17, 15) is 28.8 Å². The van der Waals surface area contributed by atoms with Crippen molar-refractivity contribution in [1.82, 2.24) is 0 Å². The summed E-state index contributed by atoms with van der Waals surface area (Å²) in [5.41, 5.74) is -0.126. The van der Waals surface area contributed by atoms with Crippen molar-refractivity contribution in [2.75, 3.05) is 13.7 Å². The summed E-state index contributed by atoms with van der Waals surface area (Å²) < 4.78 is 40.5. The van der Waals surface area contributed by atoms with Gasteiger partial charge in [-0.25, -0.2) is 0 Å². The molecule has 0 N–H and O–H groups in total. The second-order valence-electron chi connectivity index (χ2n) is 16.5. The Labute approximate surface area is 306 Å². The molecule has 52 heavy (non-hydrogen) atoms. The van der Waals surface area contributed by atoms with Crippen LogP contribution in [0.1, 0.15) is 113 Å². The number of Topliss-reactive ketones (excluding diaryl/α,β-unsaturated/α-hetero) is 1. The van der Waals surface area contributed by atoms with Crippen LogP contribution in [0, 0.1) is 46.3 Å². The first-order valence-corrected chi connectivity index (χ1v) is 19.0. The summed E-state index contributed by atoms with van der Waals surface area (Å²) in [5, 5.41) is 0. The normalized spacial score (nSPS) is 40.2.